The van der Waals surface area contributed by atoms with E-state index in [1.54, 1.807) is 0 Å². The van der Waals surface area contributed by atoms with Gasteiger partial charge in [-0.1, -0.05) is 40.2 Å². The van der Waals surface area contributed by atoms with Gasteiger partial charge in [0.05, 0.1) is 6.42 Å². The van der Waals surface area contributed by atoms with Gasteiger partial charge in [-0.15, -0.1) is 0 Å². The fourth-order valence-corrected chi connectivity index (χ4v) is 3.94. The number of hydrogen-bond acceptors (Lipinski definition) is 4. The van der Waals surface area contributed by atoms with E-state index < -0.39 is 12.1 Å². The first-order chi connectivity index (χ1) is 16.1. The molecule has 1 atom stereocenters. The van der Waals surface area contributed by atoms with Crippen molar-refractivity contribution >= 4 is 44.3 Å². The summed E-state index contributed by atoms with van der Waals surface area (Å²) in [6, 6.07) is 16.5. The summed E-state index contributed by atoms with van der Waals surface area (Å²) in [7, 11) is 0. The van der Waals surface area contributed by atoms with Crippen LogP contribution >= 0.6 is 15.9 Å². The molecule has 3 aromatic rings. The molecule has 6 nitrogen and oxygen atoms in total. The third-order valence-electron chi connectivity index (χ3n) is 5.33. The van der Waals surface area contributed by atoms with Gasteiger partial charge in [-0.25, -0.2) is 4.79 Å². The second kappa shape index (κ2) is 11.3. The Morgan fingerprint density at radius 2 is 1.85 bits per heavy atom. The van der Waals surface area contributed by atoms with Gasteiger partial charge in [0.25, 0.3) is 0 Å². The maximum absolute atomic E-state index is 12.7. The zero-order chi connectivity index (χ0) is 24.7. The van der Waals surface area contributed by atoms with Crippen molar-refractivity contribution < 1.29 is 27.9 Å². The SMILES string of the molecule is O=C(Cc1ccc(Br)cc1)N1CCCC(Nc2cccc3cnccc23)C1.O=C(O)C(F)(F)F. The summed E-state index contributed by atoms with van der Waals surface area (Å²) in [5.41, 5.74) is 2.17. The first kappa shape index (κ1) is 25.5. The number of carboxylic acid groups (broad SMARTS) is 1. The van der Waals surface area contributed by atoms with Gasteiger partial charge in [-0.3, -0.25) is 9.78 Å². The predicted octanol–water partition coefficient (Wildman–Crippen LogP) is 5.28. The molecule has 2 N–H and O–H groups in total. The maximum Gasteiger partial charge on any atom is 0.490 e. The number of nitrogens with zero attached hydrogens (tertiary/aromatic N) is 2. The number of aliphatic carboxylic acids is 1. The number of carboxylic acids is 1. The fraction of sp³-hybridized carbons (Fsp3) is 0.292. The quantitative estimate of drug-likeness (QED) is 0.473. The Hall–Kier alpha value is -3.14. The Balaban J connectivity index is 0.000000406. The van der Waals surface area contributed by atoms with Crippen LogP contribution in [0.3, 0.4) is 0 Å². The molecule has 1 aliphatic rings. The van der Waals surface area contributed by atoms with Crippen molar-refractivity contribution in [2.24, 2.45) is 0 Å². The Kier molecular flexibility index (Phi) is 8.49. The summed E-state index contributed by atoms with van der Waals surface area (Å²) in [6.45, 7) is 1.59. The lowest BCUT2D eigenvalue weighted by Crippen LogP contribution is -2.45. The van der Waals surface area contributed by atoms with Crippen LogP contribution in [0.1, 0.15) is 18.4 Å². The number of amides is 1. The number of nitrogens with one attached hydrogen (secondary N) is 1. The summed E-state index contributed by atoms with van der Waals surface area (Å²) in [5.74, 6) is -2.56. The molecule has 2 aromatic carbocycles. The van der Waals surface area contributed by atoms with Crippen LogP contribution < -0.4 is 5.32 Å². The van der Waals surface area contributed by atoms with E-state index in [9.17, 15) is 18.0 Å². The van der Waals surface area contributed by atoms with E-state index in [1.807, 2.05) is 53.7 Å². The second-order valence-corrected chi connectivity index (χ2v) is 8.75. The van der Waals surface area contributed by atoms with Crippen molar-refractivity contribution in [2.75, 3.05) is 18.4 Å². The molecule has 0 aliphatic carbocycles. The van der Waals surface area contributed by atoms with Crippen molar-refractivity contribution in [1.29, 1.82) is 0 Å². The minimum absolute atomic E-state index is 0.200. The monoisotopic (exact) mass is 537 g/mol. The van der Waals surface area contributed by atoms with Crippen molar-refractivity contribution in [1.82, 2.24) is 9.88 Å². The molecule has 1 aromatic heterocycles. The summed E-state index contributed by atoms with van der Waals surface area (Å²) in [5, 5.41) is 13.1. The van der Waals surface area contributed by atoms with Crippen LogP contribution in [0.25, 0.3) is 10.8 Å². The third-order valence-corrected chi connectivity index (χ3v) is 5.85. The number of carbonyl (C=O) groups excluding carboxylic acids is 1. The number of pyridine rings is 1. The summed E-state index contributed by atoms with van der Waals surface area (Å²) < 4.78 is 32.8. The molecule has 1 saturated heterocycles. The van der Waals surface area contributed by atoms with Crippen LogP contribution in [0.15, 0.2) is 65.4 Å². The molecule has 0 saturated carbocycles. The van der Waals surface area contributed by atoms with E-state index >= 15 is 0 Å². The Labute approximate surface area is 202 Å². The number of aromatic nitrogens is 1. The van der Waals surface area contributed by atoms with E-state index in [0.29, 0.717) is 6.42 Å². The number of hydrogen-bond donors (Lipinski definition) is 2. The van der Waals surface area contributed by atoms with Crippen LogP contribution in [-0.2, 0) is 16.0 Å². The molecule has 1 amide bonds. The standard InChI is InChI=1S/C22H22BrN3O.C2HF3O2/c23-18-8-6-16(7-9-18)13-22(27)26-12-2-4-19(15-26)25-21-5-1-3-17-14-24-11-10-20(17)21;3-2(4,5)1(6)7/h1,3,5-11,14,19,25H,2,4,12-13,15H2;(H,6,7). The molecule has 1 unspecified atom stereocenters. The topological polar surface area (TPSA) is 82.5 Å². The average molecular weight is 538 g/mol. The van der Waals surface area contributed by atoms with Gasteiger partial charge >= 0.3 is 12.1 Å². The van der Waals surface area contributed by atoms with Crippen molar-refractivity contribution in [3.8, 4) is 0 Å². The normalized spacial score (nSPS) is 15.9. The molecule has 1 fully saturated rings. The van der Waals surface area contributed by atoms with Crippen molar-refractivity contribution in [2.45, 2.75) is 31.5 Å². The smallest absolute Gasteiger partial charge is 0.475 e. The van der Waals surface area contributed by atoms with Gasteiger partial charge in [0, 0.05) is 52.5 Å². The molecule has 10 heteroatoms. The molecule has 180 valence electrons. The number of anilines is 1. The minimum atomic E-state index is -5.08. The molecule has 4 rings (SSSR count). The summed E-state index contributed by atoms with van der Waals surface area (Å²) in [4.78, 5) is 27.8. The first-order valence-electron chi connectivity index (χ1n) is 10.5. The Bertz CT molecular complexity index is 1130. The Morgan fingerprint density at radius 1 is 1.15 bits per heavy atom. The molecular formula is C24H23BrF3N3O3. The molecule has 2 heterocycles. The zero-order valence-corrected chi connectivity index (χ0v) is 19.6. The lowest BCUT2D eigenvalue weighted by Gasteiger charge is -2.34. The van der Waals surface area contributed by atoms with E-state index in [0.717, 1.165) is 47.0 Å². The molecule has 34 heavy (non-hydrogen) atoms. The van der Waals surface area contributed by atoms with Gasteiger partial charge in [0.2, 0.25) is 5.91 Å². The van der Waals surface area contributed by atoms with Gasteiger partial charge in [-0.2, -0.15) is 13.2 Å². The van der Waals surface area contributed by atoms with E-state index in [-0.39, 0.29) is 11.9 Å². The highest BCUT2D eigenvalue weighted by Gasteiger charge is 2.38. The Morgan fingerprint density at radius 3 is 2.53 bits per heavy atom. The molecule has 0 bridgehead atoms. The van der Waals surface area contributed by atoms with Gasteiger partial charge in [-0.05, 0) is 42.7 Å². The second-order valence-electron chi connectivity index (χ2n) is 7.83. The fourth-order valence-electron chi connectivity index (χ4n) is 3.68. The number of halogens is 4. The largest absolute Gasteiger partial charge is 0.490 e. The molecular weight excluding hydrogens is 515 g/mol. The zero-order valence-electron chi connectivity index (χ0n) is 18.1. The van der Waals surface area contributed by atoms with E-state index in [1.165, 1.54) is 5.39 Å². The lowest BCUT2D eigenvalue weighted by atomic mass is 10.0. The van der Waals surface area contributed by atoms with E-state index in [4.69, 9.17) is 9.90 Å². The maximum atomic E-state index is 12.7. The molecule has 0 spiro atoms. The highest BCUT2D eigenvalue weighted by Crippen LogP contribution is 2.25. The molecule has 1 aliphatic heterocycles. The third kappa shape index (κ3) is 7.18. The number of rotatable bonds is 4. The number of benzene rings is 2. The average Bonchev–Trinajstić information content (AvgIpc) is 2.81. The van der Waals surface area contributed by atoms with Crippen LogP contribution in [-0.4, -0.2) is 52.2 Å². The summed E-state index contributed by atoms with van der Waals surface area (Å²) >= 11 is 3.44. The minimum Gasteiger partial charge on any atom is -0.475 e. The van der Waals surface area contributed by atoms with Crippen molar-refractivity contribution in [3.63, 3.8) is 0 Å². The van der Waals surface area contributed by atoms with Crippen molar-refractivity contribution in [3.05, 3.63) is 71.0 Å². The number of alkyl halides is 3. The number of likely N-dealkylation sites (tertiary alicyclic amines) is 1. The highest BCUT2D eigenvalue weighted by molar-refractivity contribution is 9.10. The number of fused-ring (bicyclic) bond motifs is 1. The van der Waals surface area contributed by atoms with E-state index in [2.05, 4.69) is 38.4 Å². The molecule has 0 radical (unpaired) electrons. The number of piperidine rings is 1. The lowest BCUT2D eigenvalue weighted by molar-refractivity contribution is -0.192. The van der Waals surface area contributed by atoms with Crippen LogP contribution in [0.4, 0.5) is 18.9 Å². The number of carbonyl (C=O) groups is 2. The van der Waals surface area contributed by atoms with Crippen LogP contribution in [0.5, 0.6) is 0 Å². The van der Waals surface area contributed by atoms with Gasteiger partial charge in [0.15, 0.2) is 0 Å². The predicted molar refractivity (Wildman–Crippen MR) is 127 cm³/mol. The highest BCUT2D eigenvalue weighted by atomic mass is 79.9. The van der Waals surface area contributed by atoms with Crippen LogP contribution in [0, 0.1) is 0 Å². The van der Waals surface area contributed by atoms with Crippen LogP contribution in [0.2, 0.25) is 0 Å². The first-order valence-corrected chi connectivity index (χ1v) is 11.3. The van der Waals surface area contributed by atoms with Gasteiger partial charge in [0.1, 0.15) is 0 Å². The summed E-state index contributed by atoms with van der Waals surface area (Å²) in [6.07, 6.45) is 1.18. The van der Waals surface area contributed by atoms with Gasteiger partial charge < -0.3 is 15.3 Å².